The molecule has 1 N–H and O–H groups in total. The fourth-order valence-corrected chi connectivity index (χ4v) is 3.65. The molecule has 0 aliphatic carbocycles. The minimum absolute atomic E-state index is 0.235. The van der Waals surface area contributed by atoms with Crippen molar-refractivity contribution in [2.24, 2.45) is 0 Å². The van der Waals surface area contributed by atoms with Crippen molar-refractivity contribution in [3.8, 4) is 0 Å². The first-order valence-corrected chi connectivity index (χ1v) is 11.2. The number of aryl methyl sites for hydroxylation is 2. The van der Waals surface area contributed by atoms with Crippen LogP contribution in [0.2, 0.25) is 5.02 Å². The van der Waals surface area contributed by atoms with Gasteiger partial charge in [0, 0.05) is 27.4 Å². The highest BCUT2D eigenvalue weighted by atomic mass is 35.5. The molecule has 0 atom stereocenters. The van der Waals surface area contributed by atoms with Gasteiger partial charge in [0.1, 0.15) is 18.7 Å². The van der Waals surface area contributed by atoms with Crippen LogP contribution in [0.4, 0.5) is 0 Å². The summed E-state index contributed by atoms with van der Waals surface area (Å²) in [6, 6.07) is 11.7. The molecular weight excluding hydrogens is 442 g/mol. The lowest BCUT2D eigenvalue weighted by molar-refractivity contribution is -0.143. The summed E-state index contributed by atoms with van der Waals surface area (Å²) in [5, 5.41) is 1.98. The van der Waals surface area contributed by atoms with Gasteiger partial charge in [0.25, 0.3) is 0 Å². The molecule has 0 amide bonds. The van der Waals surface area contributed by atoms with Crippen LogP contribution in [0.3, 0.4) is 0 Å². The molecule has 0 aliphatic rings. The molecule has 0 saturated heterocycles. The van der Waals surface area contributed by atoms with Gasteiger partial charge in [0.2, 0.25) is 10.0 Å². The third kappa shape index (κ3) is 6.27. The molecule has 0 fully saturated rings. The van der Waals surface area contributed by atoms with E-state index in [1.807, 2.05) is 19.1 Å². The molecule has 1 heterocycles. The summed E-state index contributed by atoms with van der Waals surface area (Å²) < 4.78 is 36.6. The quantitative estimate of drug-likeness (QED) is 0.425. The molecule has 3 rings (SSSR count). The summed E-state index contributed by atoms with van der Waals surface area (Å²) in [5.41, 5.74) is 2.64. The second-order valence-corrected chi connectivity index (χ2v) is 8.99. The van der Waals surface area contributed by atoms with Crippen LogP contribution in [0.25, 0.3) is 17.0 Å². The molecule has 0 unspecified atom stereocenters. The third-order valence-electron chi connectivity index (χ3n) is 4.43. The Morgan fingerprint density at radius 3 is 2.58 bits per heavy atom. The number of fused-ring (bicyclic) bond motifs is 1. The molecule has 31 heavy (non-hydrogen) atoms. The van der Waals surface area contributed by atoms with E-state index in [-0.39, 0.29) is 6.61 Å². The molecule has 9 heteroatoms. The van der Waals surface area contributed by atoms with E-state index in [2.05, 4.69) is 4.72 Å². The molecule has 3 aromatic rings. The number of ether oxygens (including phenoxy) is 1. The van der Waals surface area contributed by atoms with Gasteiger partial charge in [-0.05, 0) is 43.2 Å². The number of hydrogen-bond acceptors (Lipinski definition) is 6. The van der Waals surface area contributed by atoms with E-state index in [9.17, 15) is 18.0 Å². The number of sulfonamides is 1. The maximum atomic E-state index is 12.1. The number of hydrogen-bond donors (Lipinski definition) is 1. The fraction of sp³-hybridized carbons (Fsp3) is 0.182. The van der Waals surface area contributed by atoms with Gasteiger partial charge in [-0.2, -0.15) is 0 Å². The summed E-state index contributed by atoms with van der Waals surface area (Å²) in [7, 11) is -3.83. The highest BCUT2D eigenvalue weighted by Gasteiger charge is 2.13. The van der Waals surface area contributed by atoms with Crippen molar-refractivity contribution >= 4 is 44.6 Å². The lowest BCUT2D eigenvalue weighted by atomic mass is 10.1. The van der Waals surface area contributed by atoms with Crippen LogP contribution in [0.1, 0.15) is 22.3 Å². The Balaban J connectivity index is 1.62. The number of esters is 1. The first-order valence-electron chi connectivity index (χ1n) is 9.26. The van der Waals surface area contributed by atoms with E-state index >= 15 is 0 Å². The van der Waals surface area contributed by atoms with Gasteiger partial charge < -0.3 is 9.15 Å². The van der Waals surface area contributed by atoms with Crippen molar-refractivity contribution in [2.75, 3.05) is 6.54 Å². The number of halogens is 1. The summed E-state index contributed by atoms with van der Waals surface area (Å²) >= 11 is 6.13. The normalized spacial score (nSPS) is 11.8. The molecule has 1 aromatic heterocycles. The van der Waals surface area contributed by atoms with E-state index in [4.69, 9.17) is 20.8 Å². The topological polar surface area (TPSA) is 103 Å². The number of benzene rings is 2. The van der Waals surface area contributed by atoms with Gasteiger partial charge in [-0.1, -0.05) is 41.4 Å². The standard InChI is InChI=1S/C22H20ClNO6S/c1-14-3-5-16(6-4-14)7-8-31(27,28)24-12-22(26)29-13-17-10-21(25)30-20-9-15(2)19(23)11-18(17)20/h3-11,24H,12-13H2,1-2H3/b8-7+. The minimum atomic E-state index is -3.83. The number of nitrogens with one attached hydrogen (secondary N) is 1. The van der Waals surface area contributed by atoms with Crippen molar-refractivity contribution < 1.29 is 22.4 Å². The van der Waals surface area contributed by atoms with Crippen molar-refractivity contribution in [1.29, 1.82) is 0 Å². The predicted octanol–water partition coefficient (Wildman–Crippen LogP) is 3.70. The van der Waals surface area contributed by atoms with Crippen LogP contribution in [-0.2, 0) is 26.2 Å². The highest BCUT2D eigenvalue weighted by Crippen LogP contribution is 2.25. The van der Waals surface area contributed by atoms with Gasteiger partial charge in [-0.3, -0.25) is 4.79 Å². The van der Waals surface area contributed by atoms with Crippen molar-refractivity contribution in [2.45, 2.75) is 20.5 Å². The molecule has 0 aliphatic heterocycles. The van der Waals surface area contributed by atoms with Gasteiger partial charge in [-0.15, -0.1) is 0 Å². The molecule has 162 valence electrons. The van der Waals surface area contributed by atoms with Crippen LogP contribution in [0.5, 0.6) is 0 Å². The van der Waals surface area contributed by atoms with Crippen molar-refractivity contribution in [3.05, 3.63) is 85.6 Å². The van der Waals surface area contributed by atoms with E-state index in [0.717, 1.165) is 16.5 Å². The van der Waals surface area contributed by atoms with Crippen LogP contribution >= 0.6 is 11.6 Å². The maximum absolute atomic E-state index is 12.1. The third-order valence-corrected chi connectivity index (χ3v) is 5.88. The van der Waals surface area contributed by atoms with E-state index in [1.54, 1.807) is 31.2 Å². The van der Waals surface area contributed by atoms with Crippen LogP contribution in [-0.4, -0.2) is 20.9 Å². The molecule has 7 nitrogen and oxygen atoms in total. The molecular formula is C22H20ClNO6S. The predicted molar refractivity (Wildman–Crippen MR) is 119 cm³/mol. The fourth-order valence-electron chi connectivity index (χ4n) is 2.73. The number of carbonyl (C=O) groups is 1. The number of carbonyl (C=O) groups excluding carboxylic acids is 1. The average Bonchev–Trinajstić information content (AvgIpc) is 2.71. The Morgan fingerprint density at radius 2 is 1.87 bits per heavy atom. The van der Waals surface area contributed by atoms with Crippen molar-refractivity contribution in [1.82, 2.24) is 4.72 Å². The summed E-state index contributed by atoms with van der Waals surface area (Å²) in [6.07, 6.45) is 1.42. The SMILES string of the molecule is Cc1ccc(/C=C/S(=O)(=O)NCC(=O)OCc2cc(=O)oc3cc(C)c(Cl)cc23)cc1. The maximum Gasteiger partial charge on any atom is 0.336 e. The van der Waals surface area contributed by atoms with Crippen LogP contribution in [0, 0.1) is 13.8 Å². The highest BCUT2D eigenvalue weighted by molar-refractivity contribution is 7.92. The molecule has 0 spiro atoms. The average molecular weight is 462 g/mol. The zero-order valence-corrected chi connectivity index (χ0v) is 18.4. The Bertz CT molecular complexity index is 1310. The van der Waals surface area contributed by atoms with Gasteiger partial charge in [0.15, 0.2) is 0 Å². The minimum Gasteiger partial charge on any atom is -0.460 e. The lowest BCUT2D eigenvalue weighted by Crippen LogP contribution is -2.29. The summed E-state index contributed by atoms with van der Waals surface area (Å²) in [5.74, 6) is -0.799. The largest absolute Gasteiger partial charge is 0.460 e. The zero-order chi connectivity index (χ0) is 22.6. The van der Waals surface area contributed by atoms with Crippen LogP contribution in [0.15, 0.2) is 57.1 Å². The lowest BCUT2D eigenvalue weighted by Gasteiger charge is -2.09. The molecule has 2 aromatic carbocycles. The van der Waals surface area contributed by atoms with E-state index in [0.29, 0.717) is 27.1 Å². The van der Waals surface area contributed by atoms with E-state index < -0.39 is 28.2 Å². The molecule has 0 radical (unpaired) electrons. The Labute approximate surface area is 184 Å². The zero-order valence-electron chi connectivity index (χ0n) is 16.8. The first-order chi connectivity index (χ1) is 14.6. The van der Waals surface area contributed by atoms with Gasteiger partial charge in [-0.25, -0.2) is 17.9 Å². The Kier molecular flexibility index (Phi) is 6.94. The van der Waals surface area contributed by atoms with Crippen molar-refractivity contribution in [3.63, 3.8) is 0 Å². The van der Waals surface area contributed by atoms with E-state index in [1.165, 1.54) is 12.1 Å². The summed E-state index contributed by atoms with van der Waals surface area (Å²) in [6.45, 7) is 2.91. The molecule has 0 saturated carbocycles. The smallest absolute Gasteiger partial charge is 0.336 e. The Morgan fingerprint density at radius 1 is 1.16 bits per heavy atom. The summed E-state index contributed by atoms with van der Waals surface area (Å²) in [4.78, 5) is 23.8. The monoisotopic (exact) mass is 461 g/mol. The molecule has 0 bridgehead atoms. The van der Waals surface area contributed by atoms with Crippen LogP contribution < -0.4 is 10.3 Å². The number of rotatable bonds is 7. The van der Waals surface area contributed by atoms with Gasteiger partial charge in [0.05, 0.1) is 0 Å². The second kappa shape index (κ2) is 9.47. The van der Waals surface area contributed by atoms with Gasteiger partial charge >= 0.3 is 11.6 Å². The first kappa shape index (κ1) is 22.7. The Hall–Kier alpha value is -2.94. The second-order valence-electron chi connectivity index (χ2n) is 6.93.